The number of hydrogen-bond acceptors (Lipinski definition) is 5. The van der Waals surface area contributed by atoms with Gasteiger partial charge in [-0.3, -0.25) is 14.4 Å². The molecule has 0 fully saturated rings. The Kier molecular flexibility index (Phi) is 94.1. The fraction of sp³-hybridized carbons (Fsp3) is 0.922. The Hall–Kier alpha value is -0.650. The molecule has 0 aliphatic heterocycles. The van der Waals surface area contributed by atoms with E-state index in [0.29, 0.717) is 85.1 Å². The van der Waals surface area contributed by atoms with Crippen molar-refractivity contribution in [2.24, 2.45) is 11.8 Å². The molecule has 0 saturated heterocycles. The number of aliphatic carboxylic acids is 5. The quantitative estimate of drug-likeness (QED) is 0.0223. The minimum atomic E-state index is -0.673. The van der Waals surface area contributed by atoms with Crippen molar-refractivity contribution in [2.45, 2.75) is 513 Å². The summed E-state index contributed by atoms with van der Waals surface area (Å²) in [5.74, 6) is -1.79. The Labute approximate surface area is 677 Å². The summed E-state index contributed by atoms with van der Waals surface area (Å²) in [6, 6.07) is 0. The molecule has 0 heterocycles. The Bertz CT molecular complexity index is 1750. The van der Waals surface area contributed by atoms with Crippen molar-refractivity contribution >= 4 is 78.8 Å². The van der Waals surface area contributed by atoms with Gasteiger partial charge in [0.15, 0.2) is 0 Å². The van der Waals surface area contributed by atoms with Gasteiger partial charge in [-0.25, -0.2) is 0 Å². The monoisotopic (exact) mass is 1520 g/mol. The third-order valence-corrected chi connectivity index (χ3v) is 24.9. The predicted octanol–water partition coefficient (Wildman–Crippen LogP) is 30.2. The number of carboxylic acid groups (broad SMARTS) is 5. The van der Waals surface area contributed by atoms with E-state index in [1.807, 2.05) is 0 Å². The van der Waals surface area contributed by atoms with Gasteiger partial charge in [-0.1, -0.05) is 277 Å². The van der Waals surface area contributed by atoms with Crippen molar-refractivity contribution in [2.75, 3.05) is 0 Å². The van der Waals surface area contributed by atoms with E-state index < -0.39 is 29.8 Å². The molecule has 10 nitrogen and oxygen atoms in total. The molecule has 0 aromatic heterocycles. The van der Waals surface area contributed by atoms with Gasteiger partial charge in [-0.15, -0.1) is 0 Å². The zero-order valence-corrected chi connectivity index (χ0v) is 74.8. The summed E-state index contributed by atoms with van der Waals surface area (Å²) in [6.07, 6.45) is 99.9. The summed E-state index contributed by atoms with van der Waals surface area (Å²) >= 11 is 1.52. The first kappa shape index (κ1) is 106. The molecule has 0 aliphatic rings. The number of carbonyl (C=O) groups is 5. The van der Waals surface area contributed by atoms with E-state index in [1.165, 1.54) is 398 Å². The predicted molar refractivity (Wildman–Crippen MR) is 435 cm³/mol. The first-order valence-corrected chi connectivity index (χ1v) is 48.8. The molecule has 12 heteroatoms. The van der Waals surface area contributed by atoms with Crippen LogP contribution in [0.15, 0.2) is 12.2 Å². The van der Waals surface area contributed by atoms with Gasteiger partial charge >= 0.3 is 320 Å². The van der Waals surface area contributed by atoms with Crippen LogP contribution in [0, 0.1) is 11.8 Å². The van der Waals surface area contributed by atoms with Gasteiger partial charge in [-0.05, 0) is 38.0 Å². The normalized spacial score (nSPS) is 12.6. The van der Waals surface area contributed by atoms with Gasteiger partial charge in [0.25, 0.3) is 0 Å². The van der Waals surface area contributed by atoms with Crippen LogP contribution >= 0.6 is 0 Å². The van der Waals surface area contributed by atoms with Crippen molar-refractivity contribution in [3.05, 3.63) is 12.2 Å². The van der Waals surface area contributed by atoms with Gasteiger partial charge < -0.3 is 15.3 Å². The van der Waals surface area contributed by atoms with Crippen LogP contribution in [-0.4, -0.2) is 104 Å². The molecule has 0 radical (unpaired) electrons. The fourth-order valence-electron chi connectivity index (χ4n) is 14.7. The van der Waals surface area contributed by atoms with Crippen LogP contribution < -0.4 is 0 Å². The Balaban J connectivity index is -0.00000152. The number of unbranched alkanes of at least 4 members (excludes halogenated alkanes) is 58. The van der Waals surface area contributed by atoms with Crippen molar-refractivity contribution in [1.82, 2.24) is 0 Å². The second-order valence-electron chi connectivity index (χ2n) is 32.1. The summed E-state index contributed by atoms with van der Waals surface area (Å²) in [5.41, 5.74) is 0. The molecule has 595 valence electrons. The molecule has 0 aliphatic carbocycles. The van der Waals surface area contributed by atoms with Crippen LogP contribution in [-0.2, 0) is 42.3 Å². The van der Waals surface area contributed by atoms with Crippen LogP contribution in [0.3, 0.4) is 0 Å². The maximum absolute atomic E-state index is 11.3. The first-order valence-electron chi connectivity index (χ1n) is 45.3. The molecule has 0 bridgehead atoms. The number of rotatable bonds is 83. The van der Waals surface area contributed by atoms with Gasteiger partial charge in [0.05, 0.1) is 0 Å². The van der Waals surface area contributed by atoms with Crippen LogP contribution in [0.2, 0.25) is 4.52 Å². The Morgan fingerprint density at radius 1 is 0.255 bits per heavy atom. The molecule has 0 saturated carbocycles. The topological polar surface area (TPSA) is 186 Å². The Morgan fingerprint density at radius 2 is 0.471 bits per heavy atom. The van der Waals surface area contributed by atoms with Crippen LogP contribution in [0.5, 0.6) is 0 Å². The molecule has 0 rings (SSSR count). The van der Waals surface area contributed by atoms with E-state index in [0.717, 1.165) is 88.4 Å². The van der Waals surface area contributed by atoms with Crippen LogP contribution in [0.4, 0.5) is 0 Å². The average molecular weight is 1520 g/mol. The fourth-order valence-corrected chi connectivity index (χ4v) is 16.3. The van der Waals surface area contributed by atoms with Crippen molar-refractivity contribution in [1.29, 1.82) is 0 Å². The molecule has 0 spiro atoms. The van der Waals surface area contributed by atoms with E-state index >= 15 is 0 Å². The van der Waals surface area contributed by atoms with E-state index in [9.17, 15) is 29.1 Å². The van der Waals surface area contributed by atoms with E-state index in [-0.39, 0.29) is 0.0125 Å². The van der Waals surface area contributed by atoms with Crippen molar-refractivity contribution < 1.29 is 67.8 Å². The molecule has 0 aromatic rings. The number of carboxylic acids is 5. The number of allylic oxidation sites excluding steroid dienone is 2. The molecule has 5 N–H and O–H groups in total. The minimum absolute atomic E-state index is 0.0215. The molecule has 102 heavy (non-hydrogen) atoms. The van der Waals surface area contributed by atoms with Gasteiger partial charge in [0.1, 0.15) is 0 Å². The third kappa shape index (κ3) is 97.4. The molecule has 4 atom stereocenters. The zero-order valence-electron chi connectivity index (χ0n) is 68.7. The van der Waals surface area contributed by atoms with E-state index in [2.05, 4.69) is 32.9 Å². The number of hydrogen-bond donors (Lipinski definition) is 5. The average Bonchev–Trinajstić information content (AvgIpc) is 2.92. The molecular formula is C90H172KO10Zn. The second kappa shape index (κ2) is 91.0. The summed E-state index contributed by atoms with van der Waals surface area (Å²) in [4.78, 5) is 54.0. The van der Waals surface area contributed by atoms with Gasteiger partial charge in [0.2, 0.25) is 0 Å². The van der Waals surface area contributed by atoms with E-state index in [4.69, 9.17) is 20.4 Å². The maximum atomic E-state index is 11.3. The van der Waals surface area contributed by atoms with Crippen molar-refractivity contribution in [3.8, 4) is 0 Å². The van der Waals surface area contributed by atoms with Crippen LogP contribution in [0.25, 0.3) is 0 Å². The third-order valence-electron chi connectivity index (χ3n) is 21.7. The van der Waals surface area contributed by atoms with Crippen LogP contribution in [0.1, 0.15) is 509 Å². The molecule has 0 amide bonds. The second-order valence-corrected chi connectivity index (χ2v) is 36.7. The summed E-state index contributed by atoms with van der Waals surface area (Å²) in [5, 5.41) is 44.5. The van der Waals surface area contributed by atoms with Gasteiger partial charge in [-0.2, -0.15) is 0 Å². The van der Waals surface area contributed by atoms with E-state index in [1.54, 1.807) is 0 Å². The van der Waals surface area contributed by atoms with Gasteiger partial charge in [0, 0.05) is 19.3 Å². The standard InChI is InChI=1S/C36H67O4.C36H70O4.C18H35O2.K.Zn/c1-2-3-4-5-6-7-13-16-19-22-25-29-34(31-28-33-36(39)40)30-26-23-20-17-14-11-9-8-10-12-15-18-21-24-27-32-35(37)38;1-2-3-4-5-6-7-8-14-17-20-23-26-29-34(32-33-36(39)40)30-27-24-21-18-15-12-10-9-11-13-16-19-22-25-28-31-35(37)38;1-2-3-4-5-6-7-8-9-10-11-12-13-14-15-16-17-18(19)20;;/h8,10,33-34H,2-7,9,11-32H2,1H3,(H,37,38)(H,39,40);34H,2-33H2,1H3,(H,37,38)(H,39,40);16H,2-15,17H2,1H3,(H,19,20);;/b10-8-;;;;. The summed E-state index contributed by atoms with van der Waals surface area (Å²) in [6.45, 7) is 6.84. The molecular weight excluding hydrogens is 1350 g/mol. The zero-order chi connectivity index (χ0) is 75.4. The van der Waals surface area contributed by atoms with Crippen molar-refractivity contribution in [3.63, 3.8) is 0 Å². The molecule has 4 unspecified atom stereocenters. The molecule has 0 aromatic carbocycles. The first-order chi connectivity index (χ1) is 49.7. The Morgan fingerprint density at radius 3 is 0.706 bits per heavy atom. The summed E-state index contributed by atoms with van der Waals surface area (Å²) < 4.78 is 0.446. The SMILES string of the molecule is CCCCCCCCCCCCCC(CCCCCCCC/C=C\CCCCCCCC(=O)O)CC[CH]([K])C(=O)O.CCCCCCCCCCCCCCC(CCCCCCCCCCCCCCCCCC(=O)O)CCC(=O)O.CCCCCCCCCCCCCCC[CH]([Zn])CC(=O)O. The summed E-state index contributed by atoms with van der Waals surface area (Å²) in [7, 11) is 0.